The van der Waals surface area contributed by atoms with Crippen LogP contribution < -0.4 is 21.3 Å². The van der Waals surface area contributed by atoms with Crippen molar-refractivity contribution in [3.8, 4) is 0 Å². The van der Waals surface area contributed by atoms with E-state index in [1.54, 1.807) is 12.1 Å². The van der Waals surface area contributed by atoms with Gasteiger partial charge in [0.05, 0.1) is 27.9 Å². The lowest BCUT2D eigenvalue weighted by Gasteiger charge is -2.19. The smallest absolute Gasteiger partial charge is 0.328 e. The average Bonchev–Trinajstić information content (AvgIpc) is 3.50. The molecule has 10 nitrogen and oxygen atoms in total. The van der Waals surface area contributed by atoms with Crippen molar-refractivity contribution in [2.75, 3.05) is 13.1 Å². The first-order valence-corrected chi connectivity index (χ1v) is 11.9. The lowest BCUT2D eigenvalue weighted by atomic mass is 10.0. The molecule has 0 spiro atoms. The van der Waals surface area contributed by atoms with Crippen molar-refractivity contribution in [2.45, 2.75) is 32.0 Å². The van der Waals surface area contributed by atoms with Crippen LogP contribution in [0.3, 0.4) is 0 Å². The van der Waals surface area contributed by atoms with Gasteiger partial charge in [0.25, 0.3) is 5.91 Å². The fraction of sp³-hybridized carbons (Fsp3) is 0.333. The molecular weight excluding hydrogens is 511 g/mol. The van der Waals surface area contributed by atoms with E-state index in [1.165, 1.54) is 30.5 Å². The van der Waals surface area contributed by atoms with E-state index in [9.17, 15) is 24.3 Å². The van der Waals surface area contributed by atoms with Gasteiger partial charge in [-0.15, -0.1) is 0 Å². The van der Waals surface area contributed by atoms with Crippen LogP contribution in [0.5, 0.6) is 0 Å². The second-order valence-corrected chi connectivity index (χ2v) is 9.12. The third kappa shape index (κ3) is 7.33. The Labute approximate surface area is 217 Å². The summed E-state index contributed by atoms with van der Waals surface area (Å²) in [5.74, 6) is -2.20. The van der Waals surface area contributed by atoms with Gasteiger partial charge in [0.1, 0.15) is 11.8 Å². The molecular formula is C24H26Cl2N4O6. The standard InChI is InChI=1S/C24H26Cl2N4O6/c1-13-6-7-27-21(13)23(33)29-12-18(24(34)35)30-22(32)20-16(25)9-14(10-17(20)26)11-28-19(31)5-4-15-3-2-8-36-15/h2-5,8-10,13,18,21,27H,6-7,11-12H2,1H3,(H,28,31)(H,29,33)(H,30,32)(H,34,35)/t13-,18-,21-/m0/s1. The minimum atomic E-state index is -1.40. The van der Waals surface area contributed by atoms with Crippen molar-refractivity contribution in [2.24, 2.45) is 5.92 Å². The highest BCUT2D eigenvalue weighted by atomic mass is 35.5. The molecule has 3 rings (SSSR count). The van der Waals surface area contributed by atoms with Crippen LogP contribution in [0.4, 0.5) is 0 Å². The summed E-state index contributed by atoms with van der Waals surface area (Å²) in [6, 6.07) is 4.48. The van der Waals surface area contributed by atoms with E-state index in [-0.39, 0.29) is 46.4 Å². The summed E-state index contributed by atoms with van der Waals surface area (Å²) in [7, 11) is 0. The highest BCUT2D eigenvalue weighted by Gasteiger charge is 2.31. The van der Waals surface area contributed by atoms with Gasteiger partial charge in [-0.2, -0.15) is 0 Å². The first-order valence-electron chi connectivity index (χ1n) is 11.2. The molecule has 1 aromatic heterocycles. The van der Waals surface area contributed by atoms with Gasteiger partial charge in [0.15, 0.2) is 0 Å². The normalized spacial score (nSPS) is 18.1. The van der Waals surface area contributed by atoms with E-state index in [1.807, 2.05) is 6.92 Å². The van der Waals surface area contributed by atoms with E-state index >= 15 is 0 Å². The van der Waals surface area contributed by atoms with E-state index in [4.69, 9.17) is 27.6 Å². The Kier molecular flexibility index (Phi) is 9.51. The maximum absolute atomic E-state index is 12.8. The number of benzene rings is 1. The molecule has 1 aliphatic rings. The predicted octanol–water partition coefficient (Wildman–Crippen LogP) is 2.21. The highest BCUT2D eigenvalue weighted by Crippen LogP contribution is 2.27. The van der Waals surface area contributed by atoms with Gasteiger partial charge in [-0.05, 0) is 54.8 Å². The van der Waals surface area contributed by atoms with Crippen molar-refractivity contribution in [3.05, 3.63) is 63.5 Å². The summed E-state index contributed by atoms with van der Waals surface area (Å²) in [4.78, 5) is 48.8. The van der Waals surface area contributed by atoms with Gasteiger partial charge < -0.3 is 30.8 Å². The van der Waals surface area contributed by atoms with Crippen LogP contribution in [0.15, 0.2) is 41.0 Å². The monoisotopic (exact) mass is 536 g/mol. The molecule has 12 heteroatoms. The molecule has 0 bridgehead atoms. The van der Waals surface area contributed by atoms with Crippen molar-refractivity contribution in [1.29, 1.82) is 0 Å². The quantitative estimate of drug-likeness (QED) is 0.292. The van der Waals surface area contributed by atoms with Crippen molar-refractivity contribution in [3.63, 3.8) is 0 Å². The van der Waals surface area contributed by atoms with Crippen LogP contribution in [0.2, 0.25) is 10.0 Å². The molecule has 1 saturated heterocycles. The molecule has 0 saturated carbocycles. The van der Waals surface area contributed by atoms with Gasteiger partial charge in [0.2, 0.25) is 11.8 Å². The molecule has 2 heterocycles. The summed E-state index contributed by atoms with van der Waals surface area (Å²) < 4.78 is 5.11. The van der Waals surface area contributed by atoms with E-state index < -0.39 is 24.0 Å². The lowest BCUT2D eigenvalue weighted by molar-refractivity contribution is -0.139. The number of hydrogen-bond donors (Lipinski definition) is 5. The van der Waals surface area contributed by atoms with Crippen LogP contribution >= 0.6 is 23.2 Å². The van der Waals surface area contributed by atoms with E-state index in [0.29, 0.717) is 17.9 Å². The zero-order valence-electron chi connectivity index (χ0n) is 19.3. The van der Waals surface area contributed by atoms with E-state index in [2.05, 4.69) is 21.3 Å². The highest BCUT2D eigenvalue weighted by molar-refractivity contribution is 6.39. The van der Waals surface area contributed by atoms with Crippen LogP contribution in [0.1, 0.15) is 35.0 Å². The molecule has 0 unspecified atom stereocenters. The van der Waals surface area contributed by atoms with Gasteiger partial charge in [-0.25, -0.2) is 4.79 Å². The number of nitrogens with one attached hydrogen (secondary N) is 4. The number of hydrogen-bond acceptors (Lipinski definition) is 6. The number of carbonyl (C=O) groups is 4. The molecule has 3 atom stereocenters. The minimum absolute atomic E-state index is 0.0208. The number of aliphatic carboxylic acids is 1. The van der Waals surface area contributed by atoms with Crippen LogP contribution in [0, 0.1) is 5.92 Å². The number of rotatable bonds is 10. The van der Waals surface area contributed by atoms with Crippen LogP contribution in [-0.2, 0) is 20.9 Å². The Morgan fingerprint density at radius 1 is 1.22 bits per heavy atom. The molecule has 3 amide bonds. The second-order valence-electron chi connectivity index (χ2n) is 8.31. The Morgan fingerprint density at radius 2 is 1.94 bits per heavy atom. The largest absolute Gasteiger partial charge is 0.480 e. The first-order chi connectivity index (χ1) is 17.2. The second kappa shape index (κ2) is 12.6. The number of carboxylic acids is 1. The average molecular weight is 537 g/mol. The maximum Gasteiger partial charge on any atom is 0.328 e. The van der Waals surface area contributed by atoms with Gasteiger partial charge in [-0.1, -0.05) is 30.1 Å². The molecule has 36 heavy (non-hydrogen) atoms. The fourth-order valence-corrected chi connectivity index (χ4v) is 4.37. The zero-order valence-corrected chi connectivity index (χ0v) is 20.9. The summed E-state index contributed by atoms with van der Waals surface area (Å²) in [5, 5.41) is 20.1. The Bertz CT molecular complexity index is 1130. The van der Waals surface area contributed by atoms with Crippen LogP contribution in [0.25, 0.3) is 6.08 Å². The Hall–Kier alpha value is -3.34. The molecule has 1 aromatic carbocycles. The number of furan rings is 1. The Balaban J connectivity index is 1.58. The van der Waals surface area contributed by atoms with Gasteiger partial charge in [0, 0.05) is 19.2 Å². The topological polar surface area (TPSA) is 150 Å². The van der Waals surface area contributed by atoms with Gasteiger partial charge >= 0.3 is 5.97 Å². The molecule has 1 fully saturated rings. The summed E-state index contributed by atoms with van der Waals surface area (Å²) in [5.41, 5.74) is 0.413. The molecule has 0 aliphatic carbocycles. The maximum atomic E-state index is 12.8. The Morgan fingerprint density at radius 3 is 2.53 bits per heavy atom. The molecule has 192 valence electrons. The molecule has 5 N–H and O–H groups in total. The van der Waals surface area contributed by atoms with Crippen molar-refractivity contribution >= 4 is 53.0 Å². The molecule has 1 aliphatic heterocycles. The first kappa shape index (κ1) is 27.3. The SMILES string of the molecule is C[C@H]1CCN[C@@H]1C(=O)NC[C@H](NC(=O)c1c(Cl)cc(CNC(=O)C=Cc2ccco2)cc1Cl)C(=O)O. The number of carbonyl (C=O) groups excluding carboxylic acids is 3. The number of amides is 3. The van der Waals surface area contributed by atoms with Crippen LogP contribution in [-0.4, -0.2) is 54.0 Å². The summed E-state index contributed by atoms with van der Waals surface area (Å²) in [6.45, 7) is 2.41. The third-order valence-electron chi connectivity index (χ3n) is 5.64. The fourth-order valence-electron chi connectivity index (χ4n) is 3.67. The third-order valence-corrected chi connectivity index (χ3v) is 6.23. The minimum Gasteiger partial charge on any atom is -0.480 e. The number of carboxylic acid groups (broad SMARTS) is 1. The van der Waals surface area contributed by atoms with E-state index in [0.717, 1.165) is 6.42 Å². The lowest BCUT2D eigenvalue weighted by Crippen LogP contribution is -2.52. The number of halogens is 2. The summed E-state index contributed by atoms with van der Waals surface area (Å²) in [6.07, 6.45) is 5.14. The predicted molar refractivity (Wildman–Crippen MR) is 134 cm³/mol. The molecule has 2 aromatic rings. The van der Waals surface area contributed by atoms with Crippen molar-refractivity contribution in [1.82, 2.24) is 21.3 Å². The van der Waals surface area contributed by atoms with Crippen molar-refractivity contribution < 1.29 is 28.7 Å². The zero-order chi connectivity index (χ0) is 26.2. The molecule has 0 radical (unpaired) electrons. The summed E-state index contributed by atoms with van der Waals surface area (Å²) >= 11 is 12.5. The van der Waals surface area contributed by atoms with Gasteiger partial charge in [-0.3, -0.25) is 14.4 Å².